The van der Waals surface area contributed by atoms with Gasteiger partial charge < -0.3 is 5.32 Å². The van der Waals surface area contributed by atoms with Crippen molar-refractivity contribution in [3.05, 3.63) is 53.9 Å². The van der Waals surface area contributed by atoms with Crippen molar-refractivity contribution >= 4 is 0 Å². The first-order valence-electron chi connectivity index (χ1n) is 7.88. The zero-order chi connectivity index (χ0) is 15.6. The smallest absolute Gasteiger partial charge is 0.147 e. The van der Waals surface area contributed by atoms with Gasteiger partial charge in [0.15, 0.2) is 0 Å². The highest BCUT2D eigenvalue weighted by molar-refractivity contribution is 5.28. The highest BCUT2D eigenvalue weighted by Crippen LogP contribution is 2.13. The van der Waals surface area contributed by atoms with Crippen LogP contribution < -0.4 is 5.32 Å². The van der Waals surface area contributed by atoms with E-state index in [2.05, 4.69) is 25.6 Å². The molecule has 7 heteroatoms. The van der Waals surface area contributed by atoms with E-state index < -0.39 is 0 Å². The molecule has 1 aromatic carbocycles. The van der Waals surface area contributed by atoms with Crippen LogP contribution in [0.5, 0.6) is 0 Å². The summed E-state index contributed by atoms with van der Waals surface area (Å²) < 4.78 is 2.01. The summed E-state index contributed by atoms with van der Waals surface area (Å²) >= 11 is 0. The number of rotatable bonds is 4. The van der Waals surface area contributed by atoms with E-state index in [4.69, 9.17) is 0 Å². The van der Waals surface area contributed by atoms with E-state index in [1.54, 1.807) is 4.80 Å². The summed E-state index contributed by atoms with van der Waals surface area (Å²) in [6.45, 7) is 3.51. The molecule has 3 aromatic rings. The molecule has 0 spiro atoms. The maximum atomic E-state index is 4.52. The number of aryl methyl sites for hydroxylation is 2. The van der Waals surface area contributed by atoms with Gasteiger partial charge in [0.1, 0.15) is 11.6 Å². The van der Waals surface area contributed by atoms with E-state index in [0.717, 1.165) is 42.4 Å². The van der Waals surface area contributed by atoms with Crippen molar-refractivity contribution in [3.8, 4) is 5.69 Å². The molecule has 1 aliphatic heterocycles. The Morgan fingerprint density at radius 2 is 2.09 bits per heavy atom. The number of nitrogens with zero attached hydrogens (tertiary/aromatic N) is 6. The minimum absolute atomic E-state index is 0.394. The first-order chi connectivity index (χ1) is 11.3. The predicted octanol–water partition coefficient (Wildman–Crippen LogP) is 1.27. The fourth-order valence-corrected chi connectivity index (χ4v) is 2.91. The zero-order valence-electron chi connectivity index (χ0n) is 13.1. The van der Waals surface area contributed by atoms with Gasteiger partial charge in [0.2, 0.25) is 0 Å². The fourth-order valence-electron chi connectivity index (χ4n) is 2.91. The normalized spacial score (nSPS) is 17.2. The number of aromatic nitrogens is 6. The lowest BCUT2D eigenvalue weighted by Crippen LogP contribution is -2.37. The fraction of sp³-hybridized carbons (Fsp3) is 0.375. The van der Waals surface area contributed by atoms with Crippen molar-refractivity contribution in [1.29, 1.82) is 0 Å². The van der Waals surface area contributed by atoms with Gasteiger partial charge in [-0.3, -0.25) is 0 Å². The third-order valence-electron chi connectivity index (χ3n) is 4.06. The number of fused-ring (bicyclic) bond motifs is 1. The molecule has 0 radical (unpaired) electrons. The number of hydrogen-bond donors (Lipinski definition) is 1. The van der Waals surface area contributed by atoms with Crippen LogP contribution in [-0.2, 0) is 19.5 Å². The summed E-state index contributed by atoms with van der Waals surface area (Å²) in [4.78, 5) is 6.10. The molecule has 118 valence electrons. The first-order valence-corrected chi connectivity index (χ1v) is 7.88. The second-order valence-corrected chi connectivity index (χ2v) is 5.83. The van der Waals surface area contributed by atoms with Gasteiger partial charge in [0.05, 0.1) is 24.1 Å². The van der Waals surface area contributed by atoms with Crippen molar-refractivity contribution in [2.24, 2.45) is 0 Å². The molecule has 7 nitrogen and oxygen atoms in total. The Hall–Kier alpha value is -2.54. The summed E-state index contributed by atoms with van der Waals surface area (Å²) in [7, 11) is 0. The maximum Gasteiger partial charge on any atom is 0.147 e. The summed E-state index contributed by atoms with van der Waals surface area (Å²) in [5, 5.41) is 16.8. The summed E-state index contributed by atoms with van der Waals surface area (Å²) in [6.07, 6.45) is 3.86. The lowest BCUT2D eigenvalue weighted by molar-refractivity contribution is 0.356. The predicted molar refractivity (Wildman–Crippen MR) is 85.1 cm³/mol. The lowest BCUT2D eigenvalue weighted by atomic mass is 10.1. The maximum absolute atomic E-state index is 4.52. The second-order valence-electron chi connectivity index (χ2n) is 5.83. The summed E-state index contributed by atoms with van der Waals surface area (Å²) in [5.41, 5.74) is 1.91. The average Bonchev–Trinajstić information content (AvgIpc) is 3.18. The largest absolute Gasteiger partial charge is 0.306 e. The lowest BCUT2D eigenvalue weighted by Gasteiger charge is -2.23. The highest BCUT2D eigenvalue weighted by atomic mass is 15.5. The first kappa shape index (κ1) is 14.1. The van der Waals surface area contributed by atoms with Gasteiger partial charge >= 0.3 is 0 Å². The van der Waals surface area contributed by atoms with Crippen LogP contribution in [0.25, 0.3) is 5.69 Å². The molecule has 4 rings (SSSR count). The number of nitrogens with one attached hydrogen (secondary N) is 1. The Morgan fingerprint density at radius 3 is 2.96 bits per heavy atom. The molecule has 0 fully saturated rings. The number of para-hydroxylation sites is 1. The van der Waals surface area contributed by atoms with Crippen LogP contribution in [0.15, 0.2) is 36.5 Å². The molecule has 1 N–H and O–H groups in total. The number of hydrogen-bond acceptors (Lipinski definition) is 5. The van der Waals surface area contributed by atoms with Gasteiger partial charge in [-0.05, 0) is 25.5 Å². The molecule has 0 bridgehead atoms. The molecule has 0 unspecified atom stereocenters. The Kier molecular flexibility index (Phi) is 3.63. The molecular formula is C16H19N7. The van der Waals surface area contributed by atoms with E-state index in [-0.39, 0.29) is 0 Å². The van der Waals surface area contributed by atoms with Crippen LogP contribution >= 0.6 is 0 Å². The molecule has 0 saturated carbocycles. The highest BCUT2D eigenvalue weighted by Gasteiger charge is 2.20. The number of benzene rings is 1. The molecular weight excluding hydrogens is 290 g/mol. The van der Waals surface area contributed by atoms with Crippen molar-refractivity contribution in [3.63, 3.8) is 0 Å². The van der Waals surface area contributed by atoms with Gasteiger partial charge in [-0.1, -0.05) is 18.2 Å². The second kappa shape index (κ2) is 5.92. The molecule has 0 amide bonds. The van der Waals surface area contributed by atoms with Gasteiger partial charge in [0, 0.05) is 19.0 Å². The third-order valence-corrected chi connectivity index (χ3v) is 4.06. The minimum Gasteiger partial charge on any atom is -0.306 e. The molecule has 0 aliphatic carbocycles. The third kappa shape index (κ3) is 3.00. The van der Waals surface area contributed by atoms with Gasteiger partial charge in [-0.15, -0.1) is 0 Å². The summed E-state index contributed by atoms with van der Waals surface area (Å²) in [5.74, 6) is 1.95. The van der Waals surface area contributed by atoms with Gasteiger partial charge in [-0.25, -0.2) is 9.67 Å². The van der Waals surface area contributed by atoms with E-state index in [0.29, 0.717) is 12.6 Å². The minimum atomic E-state index is 0.394. The SMILES string of the molecule is Cc1nc2n(n1)C[C@H](NCc1cnn(-c3ccccc3)n1)CC2. The zero-order valence-corrected chi connectivity index (χ0v) is 13.1. The van der Waals surface area contributed by atoms with Crippen LogP contribution in [-0.4, -0.2) is 35.8 Å². The van der Waals surface area contributed by atoms with Crippen LogP contribution in [0.4, 0.5) is 0 Å². The molecule has 2 aromatic heterocycles. The molecule has 23 heavy (non-hydrogen) atoms. The van der Waals surface area contributed by atoms with Crippen molar-refractivity contribution in [1.82, 2.24) is 35.1 Å². The van der Waals surface area contributed by atoms with E-state index >= 15 is 0 Å². The van der Waals surface area contributed by atoms with Gasteiger partial charge in [0.25, 0.3) is 0 Å². The Labute approximate surface area is 134 Å². The van der Waals surface area contributed by atoms with Crippen LogP contribution in [0.2, 0.25) is 0 Å². The molecule has 1 atom stereocenters. The molecule has 1 aliphatic rings. The van der Waals surface area contributed by atoms with E-state index in [1.165, 1.54) is 0 Å². The topological polar surface area (TPSA) is 73.5 Å². The van der Waals surface area contributed by atoms with Crippen molar-refractivity contribution in [2.75, 3.05) is 0 Å². The van der Waals surface area contributed by atoms with Crippen LogP contribution in [0.1, 0.15) is 23.8 Å². The Morgan fingerprint density at radius 1 is 1.22 bits per heavy atom. The Bertz CT molecular complexity index is 790. The quantitative estimate of drug-likeness (QED) is 0.786. The van der Waals surface area contributed by atoms with Crippen LogP contribution in [0.3, 0.4) is 0 Å². The molecule has 0 saturated heterocycles. The van der Waals surface area contributed by atoms with E-state index in [1.807, 2.05) is 48.1 Å². The average molecular weight is 309 g/mol. The molecule has 3 heterocycles. The van der Waals surface area contributed by atoms with E-state index in [9.17, 15) is 0 Å². The standard InChI is InChI=1S/C16H19N7/c1-12-19-16-8-7-13(11-22(16)20-12)17-9-14-10-18-23(21-14)15-5-3-2-4-6-15/h2-6,10,13,17H,7-9,11H2,1H3/t13-/m1/s1. The monoisotopic (exact) mass is 309 g/mol. The van der Waals surface area contributed by atoms with Crippen LogP contribution in [0, 0.1) is 6.92 Å². The van der Waals surface area contributed by atoms with Crippen molar-refractivity contribution < 1.29 is 0 Å². The Balaban J connectivity index is 1.38. The van der Waals surface area contributed by atoms with Gasteiger partial charge in [-0.2, -0.15) is 20.1 Å². The summed E-state index contributed by atoms with van der Waals surface area (Å²) in [6, 6.07) is 10.3. The van der Waals surface area contributed by atoms with Crippen molar-refractivity contribution in [2.45, 2.75) is 38.9 Å².